The van der Waals surface area contributed by atoms with Crippen molar-refractivity contribution >= 4 is 53.5 Å². The predicted octanol–water partition coefficient (Wildman–Crippen LogP) is 0.967. The zero-order valence-corrected chi connectivity index (χ0v) is 14.2. The van der Waals surface area contributed by atoms with Gasteiger partial charge in [-0.2, -0.15) is 0 Å². The van der Waals surface area contributed by atoms with E-state index in [2.05, 4.69) is 27.9 Å². The molecule has 1 aliphatic heterocycles. The Labute approximate surface area is 142 Å². The molecule has 1 aliphatic rings. The number of nitrogens with one attached hydrogen (secondary N) is 1. The van der Waals surface area contributed by atoms with Gasteiger partial charge in [0.05, 0.1) is 17.1 Å². The summed E-state index contributed by atoms with van der Waals surface area (Å²) >= 11 is 8.08. The van der Waals surface area contributed by atoms with Crippen LogP contribution in [-0.2, 0) is 4.79 Å². The Kier molecular flexibility index (Phi) is 5.89. The molecule has 0 radical (unpaired) electrons. The maximum atomic E-state index is 12.1. The number of hydrogen-bond acceptors (Lipinski definition) is 3. The summed E-state index contributed by atoms with van der Waals surface area (Å²) in [5.74, 6) is -0.677. The molecule has 1 aromatic rings. The number of halogens is 2. The highest BCUT2D eigenvalue weighted by molar-refractivity contribution is 14.1. The number of carbonyl (C=O) groups excluding carboxylic acids is 2. The van der Waals surface area contributed by atoms with E-state index >= 15 is 0 Å². The summed E-state index contributed by atoms with van der Waals surface area (Å²) in [6.45, 7) is 0.543. The Morgan fingerprint density at radius 2 is 2.29 bits per heavy atom. The van der Waals surface area contributed by atoms with Gasteiger partial charge in [-0.15, -0.1) is 0 Å². The molecule has 1 heterocycles. The van der Waals surface area contributed by atoms with E-state index in [9.17, 15) is 14.6 Å². The molecule has 0 aromatic heterocycles. The van der Waals surface area contributed by atoms with E-state index in [4.69, 9.17) is 11.6 Å². The molecule has 0 aliphatic carbocycles. The van der Waals surface area contributed by atoms with E-state index in [1.807, 2.05) is 0 Å². The van der Waals surface area contributed by atoms with Crippen LogP contribution in [0, 0.1) is 3.57 Å². The van der Waals surface area contributed by atoms with Gasteiger partial charge in [0.15, 0.2) is 0 Å². The minimum atomic E-state index is -0.369. The number of amides is 2. The topological polar surface area (TPSA) is 69.6 Å². The molecule has 8 heteroatoms. The third-order valence-corrected chi connectivity index (χ3v) is 4.48. The maximum Gasteiger partial charge on any atom is 0.293 e. The van der Waals surface area contributed by atoms with Crippen LogP contribution in [0.4, 0.5) is 0 Å². The molecule has 2 amide bonds. The molecule has 1 saturated heterocycles. The summed E-state index contributed by atoms with van der Waals surface area (Å²) in [7, 11) is -0.0393. The van der Waals surface area contributed by atoms with Gasteiger partial charge in [-0.05, 0) is 53.6 Å². The molecule has 1 aromatic carbocycles. The third-order valence-electron chi connectivity index (χ3n) is 3.48. The second-order valence-corrected chi connectivity index (χ2v) is 6.53. The molecule has 112 valence electrons. The highest BCUT2D eigenvalue weighted by atomic mass is 127. The van der Waals surface area contributed by atoms with Crippen LogP contribution >= 0.6 is 34.2 Å². The monoisotopic (exact) mass is 420 g/mol. The van der Waals surface area contributed by atoms with E-state index in [1.165, 1.54) is 0 Å². The average Bonchev–Trinajstić information content (AvgIpc) is 2.95. The molecule has 0 spiro atoms. The van der Waals surface area contributed by atoms with E-state index in [0.29, 0.717) is 17.1 Å². The number of hydrogen-bond donors (Lipinski definition) is 2. The molecule has 1 unspecified atom stereocenters. The first kappa shape index (κ1) is 16.6. The Morgan fingerprint density at radius 1 is 1.52 bits per heavy atom. The minimum absolute atomic E-state index is 0.0393. The van der Waals surface area contributed by atoms with Crippen molar-refractivity contribution in [3.63, 3.8) is 0 Å². The van der Waals surface area contributed by atoms with E-state index in [1.54, 1.807) is 23.1 Å². The van der Waals surface area contributed by atoms with E-state index in [0.717, 1.165) is 16.4 Å². The lowest BCUT2D eigenvalue weighted by Crippen LogP contribution is -2.44. The lowest BCUT2D eigenvalue weighted by molar-refractivity contribution is -0.129. The smallest absolute Gasteiger partial charge is 0.293 e. The van der Waals surface area contributed by atoms with Crippen molar-refractivity contribution in [2.45, 2.75) is 18.8 Å². The second kappa shape index (κ2) is 7.46. The molecular formula is C13H15BClIN2O3. The van der Waals surface area contributed by atoms with Crippen LogP contribution in [0.1, 0.15) is 23.2 Å². The van der Waals surface area contributed by atoms with Crippen LogP contribution < -0.4 is 5.32 Å². The van der Waals surface area contributed by atoms with Gasteiger partial charge < -0.3 is 15.2 Å². The van der Waals surface area contributed by atoms with Crippen molar-refractivity contribution in [1.29, 1.82) is 0 Å². The van der Waals surface area contributed by atoms with Gasteiger partial charge in [-0.3, -0.25) is 9.59 Å². The summed E-state index contributed by atoms with van der Waals surface area (Å²) in [4.78, 5) is 25.8. The summed E-state index contributed by atoms with van der Waals surface area (Å²) in [6.07, 6.45) is 1.69. The van der Waals surface area contributed by atoms with Crippen LogP contribution in [0.15, 0.2) is 18.2 Å². The number of benzene rings is 1. The lowest BCUT2D eigenvalue weighted by atomic mass is 9.86. The van der Waals surface area contributed by atoms with Crippen LogP contribution in [0.5, 0.6) is 0 Å². The molecule has 2 rings (SSSR count). The fourth-order valence-electron chi connectivity index (χ4n) is 2.38. The zero-order chi connectivity index (χ0) is 15.4. The van der Waals surface area contributed by atoms with Crippen LogP contribution in [0.2, 0.25) is 5.02 Å². The van der Waals surface area contributed by atoms with Crippen molar-refractivity contribution in [2.75, 3.05) is 13.1 Å². The summed E-state index contributed by atoms with van der Waals surface area (Å²) in [5, 5.41) is 12.2. The molecule has 0 saturated carbocycles. The van der Waals surface area contributed by atoms with Gasteiger partial charge in [-0.25, -0.2) is 0 Å². The highest BCUT2D eigenvalue weighted by Gasteiger charge is 2.28. The molecular weight excluding hydrogens is 405 g/mol. The quantitative estimate of drug-likeness (QED) is 0.563. The van der Waals surface area contributed by atoms with Crippen molar-refractivity contribution < 1.29 is 14.6 Å². The van der Waals surface area contributed by atoms with Crippen molar-refractivity contribution in [2.24, 2.45) is 0 Å². The summed E-state index contributed by atoms with van der Waals surface area (Å²) in [6, 6.07) is 5.14. The molecule has 21 heavy (non-hydrogen) atoms. The highest BCUT2D eigenvalue weighted by Crippen LogP contribution is 2.19. The van der Waals surface area contributed by atoms with Gasteiger partial charge in [0.25, 0.3) is 13.4 Å². The number of rotatable bonds is 4. The van der Waals surface area contributed by atoms with Gasteiger partial charge >= 0.3 is 0 Å². The molecule has 2 N–H and O–H groups in total. The van der Waals surface area contributed by atoms with Crippen molar-refractivity contribution in [3.8, 4) is 0 Å². The van der Waals surface area contributed by atoms with Gasteiger partial charge in [0, 0.05) is 16.1 Å². The van der Waals surface area contributed by atoms with E-state index in [-0.39, 0.29) is 31.8 Å². The zero-order valence-electron chi connectivity index (χ0n) is 11.3. The number of likely N-dealkylation sites (tertiary alicyclic amines) is 1. The third kappa shape index (κ3) is 4.11. The fraction of sp³-hybridized carbons (Fsp3) is 0.385. The van der Waals surface area contributed by atoms with Crippen LogP contribution in [0.25, 0.3) is 0 Å². The van der Waals surface area contributed by atoms with Gasteiger partial charge in [-0.1, -0.05) is 11.6 Å². The SMILES string of the molecule is O=C(NCC(=O)N1CCCC1BO)c1cc(I)ccc1Cl. The fourth-order valence-corrected chi connectivity index (χ4v) is 3.07. The first-order valence-electron chi connectivity index (χ1n) is 6.66. The largest absolute Gasteiger partial charge is 0.452 e. The molecule has 1 atom stereocenters. The average molecular weight is 420 g/mol. The minimum Gasteiger partial charge on any atom is -0.452 e. The Bertz CT molecular complexity index is 558. The van der Waals surface area contributed by atoms with Crippen molar-refractivity contribution in [1.82, 2.24) is 10.2 Å². The normalized spacial score (nSPS) is 17.7. The van der Waals surface area contributed by atoms with Crippen LogP contribution in [0.3, 0.4) is 0 Å². The molecule has 0 bridgehead atoms. The first-order valence-corrected chi connectivity index (χ1v) is 8.12. The molecule has 1 fully saturated rings. The van der Waals surface area contributed by atoms with Crippen molar-refractivity contribution in [3.05, 3.63) is 32.4 Å². The standard InChI is InChI=1S/C13H15BClIN2O3/c15-10-4-3-8(16)6-9(10)13(20)17-7-12(19)18-5-1-2-11(18)14-21/h3-4,6,11,14,21H,1-2,5,7H2,(H,17,20). The van der Waals surface area contributed by atoms with Gasteiger partial charge in [0.2, 0.25) is 5.91 Å². The van der Waals surface area contributed by atoms with Gasteiger partial charge in [0.1, 0.15) is 0 Å². The molecule has 5 nitrogen and oxygen atoms in total. The maximum absolute atomic E-state index is 12.1. The Hall–Kier alpha value is -0.795. The predicted molar refractivity (Wildman–Crippen MR) is 90.6 cm³/mol. The number of nitrogens with zero attached hydrogens (tertiary/aromatic N) is 1. The number of carbonyl (C=O) groups is 2. The lowest BCUT2D eigenvalue weighted by Gasteiger charge is -2.22. The summed E-state index contributed by atoms with van der Waals surface area (Å²) < 4.78 is 0.897. The van der Waals surface area contributed by atoms with E-state index < -0.39 is 0 Å². The first-order chi connectivity index (χ1) is 10.0. The van der Waals surface area contributed by atoms with Crippen LogP contribution in [-0.4, -0.2) is 48.3 Å². The Balaban J connectivity index is 1.95. The summed E-state index contributed by atoms with van der Waals surface area (Å²) in [5.41, 5.74) is 0.358. The second-order valence-electron chi connectivity index (χ2n) is 4.87. The Morgan fingerprint density at radius 3 is 3.00 bits per heavy atom.